The summed E-state index contributed by atoms with van der Waals surface area (Å²) >= 11 is 0. The predicted molar refractivity (Wildman–Crippen MR) is 70.0 cm³/mol. The first-order valence-corrected chi connectivity index (χ1v) is 6.90. The molecule has 1 fully saturated rings. The highest BCUT2D eigenvalue weighted by Crippen LogP contribution is 2.26. The van der Waals surface area contributed by atoms with E-state index in [1.807, 2.05) is 0 Å². The maximum atomic E-state index is 9.06. The summed E-state index contributed by atoms with van der Waals surface area (Å²) in [6, 6.07) is 0.360. The summed E-state index contributed by atoms with van der Waals surface area (Å²) in [6.45, 7) is 5.98. The van der Waals surface area contributed by atoms with Gasteiger partial charge in [0.15, 0.2) is 0 Å². The van der Waals surface area contributed by atoms with Crippen LogP contribution in [0.15, 0.2) is 0 Å². The highest BCUT2D eigenvalue weighted by Gasteiger charge is 2.36. The van der Waals surface area contributed by atoms with E-state index in [1.165, 1.54) is 0 Å². The van der Waals surface area contributed by atoms with Crippen LogP contribution in [0.3, 0.4) is 0 Å². The van der Waals surface area contributed by atoms with Crippen LogP contribution in [0.4, 0.5) is 0 Å². The maximum absolute atomic E-state index is 9.06. The van der Waals surface area contributed by atoms with Crippen molar-refractivity contribution < 1.29 is 9.84 Å². The highest BCUT2D eigenvalue weighted by atomic mass is 16.5. The van der Waals surface area contributed by atoms with Gasteiger partial charge in [0.05, 0.1) is 6.10 Å². The molecule has 0 saturated carbocycles. The number of ether oxygens (including phenoxy) is 1. The van der Waals surface area contributed by atoms with Crippen LogP contribution in [0.5, 0.6) is 0 Å². The molecular formula is C13H28N2O2. The first kappa shape index (κ1) is 14.9. The molecule has 3 unspecified atom stereocenters. The van der Waals surface area contributed by atoms with Crippen LogP contribution in [0.1, 0.15) is 46.0 Å². The molecule has 1 saturated heterocycles. The topological polar surface area (TPSA) is 67.5 Å². The molecule has 0 aromatic heterocycles. The van der Waals surface area contributed by atoms with E-state index in [1.54, 1.807) is 0 Å². The minimum Gasteiger partial charge on any atom is -0.396 e. The van der Waals surface area contributed by atoms with Gasteiger partial charge in [-0.1, -0.05) is 13.8 Å². The molecule has 1 rings (SSSR count). The molecule has 0 aromatic carbocycles. The molecular weight excluding hydrogens is 216 g/mol. The van der Waals surface area contributed by atoms with Crippen LogP contribution in [-0.4, -0.2) is 42.5 Å². The number of nitrogens with one attached hydrogen (secondary N) is 1. The minimum atomic E-state index is 0.00870. The van der Waals surface area contributed by atoms with E-state index in [2.05, 4.69) is 19.2 Å². The Morgan fingerprint density at radius 3 is 2.82 bits per heavy atom. The number of hydrogen-bond acceptors (Lipinski definition) is 4. The van der Waals surface area contributed by atoms with Crippen molar-refractivity contribution in [2.75, 3.05) is 19.8 Å². The molecule has 0 amide bonds. The summed E-state index contributed by atoms with van der Waals surface area (Å²) < 4.78 is 5.71. The fraction of sp³-hybridized carbons (Fsp3) is 1.00. The number of aliphatic hydroxyl groups excluding tert-OH is 1. The van der Waals surface area contributed by atoms with E-state index >= 15 is 0 Å². The lowest BCUT2D eigenvalue weighted by atomic mass is 9.84. The van der Waals surface area contributed by atoms with Gasteiger partial charge in [0.2, 0.25) is 0 Å². The fourth-order valence-electron chi connectivity index (χ4n) is 2.62. The molecule has 3 atom stereocenters. The van der Waals surface area contributed by atoms with Gasteiger partial charge in [0.25, 0.3) is 0 Å². The van der Waals surface area contributed by atoms with Crippen LogP contribution in [0, 0.1) is 0 Å². The molecule has 4 heteroatoms. The molecule has 1 aliphatic heterocycles. The first-order chi connectivity index (χ1) is 8.19. The van der Waals surface area contributed by atoms with E-state index in [0.717, 1.165) is 38.7 Å². The van der Waals surface area contributed by atoms with Gasteiger partial charge >= 0.3 is 0 Å². The Kier molecular flexibility index (Phi) is 6.41. The van der Waals surface area contributed by atoms with Crippen LogP contribution < -0.4 is 11.1 Å². The average Bonchev–Trinajstić information content (AvgIpc) is 2.38. The summed E-state index contributed by atoms with van der Waals surface area (Å²) in [5, 5.41) is 12.7. The van der Waals surface area contributed by atoms with E-state index in [9.17, 15) is 0 Å². The lowest BCUT2D eigenvalue weighted by Gasteiger charge is -2.43. The Morgan fingerprint density at radius 2 is 2.29 bits per heavy atom. The molecule has 0 aliphatic carbocycles. The fourth-order valence-corrected chi connectivity index (χ4v) is 2.62. The molecule has 4 N–H and O–H groups in total. The van der Waals surface area contributed by atoms with E-state index in [4.69, 9.17) is 15.6 Å². The second kappa shape index (κ2) is 7.31. The zero-order valence-corrected chi connectivity index (χ0v) is 11.2. The van der Waals surface area contributed by atoms with Crippen molar-refractivity contribution in [3.63, 3.8) is 0 Å². The molecule has 4 nitrogen and oxygen atoms in total. The SMILES string of the molecule is CCC(CCO)NC1(CN)CCOC(CC)C1. The van der Waals surface area contributed by atoms with Crippen molar-refractivity contribution in [2.24, 2.45) is 5.73 Å². The second-order valence-corrected chi connectivity index (χ2v) is 5.10. The monoisotopic (exact) mass is 244 g/mol. The molecule has 0 spiro atoms. The summed E-state index contributed by atoms with van der Waals surface area (Å²) in [6.07, 6.45) is 5.16. The molecule has 102 valence electrons. The van der Waals surface area contributed by atoms with Crippen molar-refractivity contribution in [1.29, 1.82) is 0 Å². The molecule has 0 bridgehead atoms. The molecule has 17 heavy (non-hydrogen) atoms. The lowest BCUT2D eigenvalue weighted by molar-refractivity contribution is -0.0317. The molecule has 1 heterocycles. The summed E-state index contributed by atoms with van der Waals surface area (Å²) in [4.78, 5) is 0. The third-order valence-electron chi connectivity index (χ3n) is 3.88. The normalized spacial score (nSPS) is 31.4. The lowest BCUT2D eigenvalue weighted by Crippen LogP contribution is -2.59. The Hall–Kier alpha value is -0.160. The third kappa shape index (κ3) is 4.21. The van der Waals surface area contributed by atoms with Gasteiger partial charge in [-0.2, -0.15) is 0 Å². The smallest absolute Gasteiger partial charge is 0.0590 e. The quantitative estimate of drug-likeness (QED) is 0.625. The molecule has 0 aromatic rings. The standard InChI is InChI=1S/C13H28N2O2/c1-3-11(5-7-16)15-13(10-14)6-8-17-12(4-2)9-13/h11-12,15-16H,3-10,14H2,1-2H3. The number of hydrogen-bond donors (Lipinski definition) is 3. The summed E-state index contributed by atoms with van der Waals surface area (Å²) in [5.41, 5.74) is 5.98. The van der Waals surface area contributed by atoms with Crippen LogP contribution in [0.2, 0.25) is 0 Å². The first-order valence-electron chi connectivity index (χ1n) is 6.90. The van der Waals surface area contributed by atoms with Crippen molar-refractivity contribution in [3.05, 3.63) is 0 Å². The van der Waals surface area contributed by atoms with Gasteiger partial charge < -0.3 is 20.9 Å². The largest absolute Gasteiger partial charge is 0.396 e. The van der Waals surface area contributed by atoms with Crippen LogP contribution >= 0.6 is 0 Å². The van der Waals surface area contributed by atoms with Gasteiger partial charge in [-0.3, -0.25) is 0 Å². The van der Waals surface area contributed by atoms with Crippen LogP contribution in [-0.2, 0) is 4.74 Å². The third-order valence-corrected chi connectivity index (χ3v) is 3.88. The van der Waals surface area contributed by atoms with Crippen molar-refractivity contribution in [2.45, 2.75) is 63.6 Å². The summed E-state index contributed by atoms with van der Waals surface area (Å²) in [5.74, 6) is 0. The Balaban J connectivity index is 2.60. The van der Waals surface area contributed by atoms with Gasteiger partial charge in [-0.25, -0.2) is 0 Å². The Morgan fingerprint density at radius 1 is 1.53 bits per heavy atom. The summed E-state index contributed by atoms with van der Waals surface area (Å²) in [7, 11) is 0. The van der Waals surface area contributed by atoms with Gasteiger partial charge in [0, 0.05) is 31.3 Å². The molecule has 0 radical (unpaired) electrons. The van der Waals surface area contributed by atoms with E-state index < -0.39 is 0 Å². The van der Waals surface area contributed by atoms with Crippen molar-refractivity contribution in [3.8, 4) is 0 Å². The Bertz CT molecular complexity index is 214. The number of aliphatic hydroxyl groups is 1. The minimum absolute atomic E-state index is 0.00870. The zero-order valence-electron chi connectivity index (χ0n) is 11.2. The van der Waals surface area contributed by atoms with Crippen molar-refractivity contribution in [1.82, 2.24) is 5.32 Å². The maximum Gasteiger partial charge on any atom is 0.0590 e. The average molecular weight is 244 g/mol. The zero-order chi connectivity index (χ0) is 12.7. The number of nitrogens with two attached hydrogens (primary N) is 1. The van der Waals surface area contributed by atoms with Crippen LogP contribution in [0.25, 0.3) is 0 Å². The number of rotatable bonds is 7. The van der Waals surface area contributed by atoms with Gasteiger partial charge in [-0.05, 0) is 32.1 Å². The van der Waals surface area contributed by atoms with Gasteiger partial charge in [0.1, 0.15) is 0 Å². The molecule has 1 aliphatic rings. The van der Waals surface area contributed by atoms with E-state index in [-0.39, 0.29) is 12.1 Å². The van der Waals surface area contributed by atoms with Crippen molar-refractivity contribution >= 4 is 0 Å². The van der Waals surface area contributed by atoms with Gasteiger partial charge in [-0.15, -0.1) is 0 Å². The van der Waals surface area contributed by atoms with E-state index in [0.29, 0.717) is 18.7 Å². The second-order valence-electron chi connectivity index (χ2n) is 5.10. The predicted octanol–water partition coefficient (Wildman–Crippen LogP) is 1.02. The highest BCUT2D eigenvalue weighted by molar-refractivity contribution is 4.96. The Labute approximate surface area is 105 Å².